The van der Waals surface area contributed by atoms with E-state index in [1.165, 1.54) is 11.1 Å². The second-order valence-corrected chi connectivity index (χ2v) is 3.65. The Balaban J connectivity index is 2.54. The van der Waals surface area contributed by atoms with Gasteiger partial charge in [0.15, 0.2) is 0 Å². The van der Waals surface area contributed by atoms with Crippen LogP contribution in [-0.2, 0) is 6.54 Å². The third-order valence-corrected chi connectivity index (χ3v) is 2.27. The molecule has 0 aliphatic heterocycles. The first-order valence-corrected chi connectivity index (χ1v) is 4.82. The number of allylic oxidation sites excluding steroid dienone is 2. The molecule has 3 N–H and O–H groups in total. The van der Waals surface area contributed by atoms with Crippen molar-refractivity contribution >= 4 is 0 Å². The monoisotopic (exact) mass is 190 g/mol. The van der Waals surface area contributed by atoms with Gasteiger partial charge in [-0.05, 0) is 26.3 Å². The molecule has 0 spiro atoms. The van der Waals surface area contributed by atoms with Gasteiger partial charge in [-0.15, -0.1) is 0 Å². The normalized spacial score (nSPS) is 12.2. The summed E-state index contributed by atoms with van der Waals surface area (Å²) in [6, 6.07) is 8.49. The molecule has 2 heteroatoms. The van der Waals surface area contributed by atoms with Crippen molar-refractivity contribution in [2.75, 3.05) is 0 Å². The zero-order chi connectivity index (χ0) is 10.6. The molecule has 0 atom stereocenters. The molecule has 0 saturated heterocycles. The molecule has 0 amide bonds. The van der Waals surface area contributed by atoms with Crippen LogP contribution in [0.3, 0.4) is 0 Å². The molecule has 1 aromatic carbocycles. The summed E-state index contributed by atoms with van der Waals surface area (Å²) in [4.78, 5) is 0. The lowest BCUT2D eigenvalue weighted by atomic mass is 10.1. The van der Waals surface area contributed by atoms with Crippen molar-refractivity contribution in [3.8, 4) is 0 Å². The van der Waals surface area contributed by atoms with E-state index in [9.17, 15) is 0 Å². The van der Waals surface area contributed by atoms with Crippen LogP contribution in [0.2, 0.25) is 0 Å². The minimum Gasteiger partial charge on any atom is -0.401 e. The van der Waals surface area contributed by atoms with Gasteiger partial charge in [-0.3, -0.25) is 0 Å². The zero-order valence-corrected chi connectivity index (χ0v) is 9.09. The van der Waals surface area contributed by atoms with Crippen molar-refractivity contribution in [3.63, 3.8) is 0 Å². The smallest absolute Gasteiger partial charge is 0.0398 e. The van der Waals surface area contributed by atoms with Gasteiger partial charge in [-0.2, -0.15) is 0 Å². The highest BCUT2D eigenvalue weighted by molar-refractivity contribution is 5.21. The molecule has 0 radical (unpaired) electrons. The summed E-state index contributed by atoms with van der Waals surface area (Å²) < 4.78 is 0. The Hall–Kier alpha value is -1.44. The lowest BCUT2D eigenvalue weighted by molar-refractivity contribution is 0.795. The molecule has 0 heterocycles. The van der Waals surface area contributed by atoms with Gasteiger partial charge >= 0.3 is 0 Å². The van der Waals surface area contributed by atoms with Crippen molar-refractivity contribution in [3.05, 3.63) is 46.8 Å². The van der Waals surface area contributed by atoms with Gasteiger partial charge in [0.2, 0.25) is 0 Å². The van der Waals surface area contributed by atoms with Crippen LogP contribution < -0.4 is 11.1 Å². The van der Waals surface area contributed by atoms with E-state index in [-0.39, 0.29) is 0 Å². The summed E-state index contributed by atoms with van der Waals surface area (Å²) in [7, 11) is 0. The van der Waals surface area contributed by atoms with E-state index in [1.54, 1.807) is 0 Å². The number of benzene rings is 1. The minimum atomic E-state index is 0.834. The number of hydrogen-bond donors (Lipinski definition) is 2. The lowest BCUT2D eigenvalue weighted by Gasteiger charge is -2.08. The fourth-order valence-corrected chi connectivity index (χ4v) is 1.08. The van der Waals surface area contributed by atoms with Crippen LogP contribution in [0.5, 0.6) is 0 Å². The minimum absolute atomic E-state index is 0.834. The van der Waals surface area contributed by atoms with Crippen LogP contribution in [-0.4, -0.2) is 0 Å². The average Bonchev–Trinajstić information content (AvgIpc) is 2.16. The van der Waals surface area contributed by atoms with E-state index < -0.39 is 0 Å². The first-order valence-electron chi connectivity index (χ1n) is 4.82. The topological polar surface area (TPSA) is 38.0 Å². The Bertz CT molecular complexity index is 319. The van der Waals surface area contributed by atoms with Gasteiger partial charge in [-0.1, -0.05) is 29.8 Å². The van der Waals surface area contributed by atoms with E-state index in [0.29, 0.717) is 0 Å². The predicted molar refractivity (Wildman–Crippen MR) is 60.6 cm³/mol. The number of hydrogen-bond acceptors (Lipinski definition) is 2. The van der Waals surface area contributed by atoms with Crippen molar-refractivity contribution in [2.24, 2.45) is 5.73 Å². The highest BCUT2D eigenvalue weighted by Crippen LogP contribution is 2.03. The van der Waals surface area contributed by atoms with Crippen molar-refractivity contribution < 1.29 is 0 Å². The van der Waals surface area contributed by atoms with Gasteiger partial charge in [-0.25, -0.2) is 0 Å². The van der Waals surface area contributed by atoms with Crippen LogP contribution in [0.15, 0.2) is 35.7 Å². The van der Waals surface area contributed by atoms with E-state index in [4.69, 9.17) is 5.73 Å². The number of aryl methyl sites for hydroxylation is 1. The molecule has 14 heavy (non-hydrogen) atoms. The fourth-order valence-electron chi connectivity index (χ4n) is 1.08. The van der Waals surface area contributed by atoms with Gasteiger partial charge in [0.25, 0.3) is 0 Å². The molecule has 0 bridgehead atoms. The largest absolute Gasteiger partial charge is 0.401 e. The Morgan fingerprint density at radius 1 is 1.21 bits per heavy atom. The van der Waals surface area contributed by atoms with Gasteiger partial charge in [0.1, 0.15) is 0 Å². The molecular formula is C12H18N2. The van der Waals surface area contributed by atoms with E-state index >= 15 is 0 Å². The average molecular weight is 190 g/mol. The molecule has 1 rings (SSSR count). The van der Waals surface area contributed by atoms with Gasteiger partial charge < -0.3 is 11.1 Å². The van der Waals surface area contributed by atoms with E-state index in [2.05, 4.69) is 36.5 Å². The van der Waals surface area contributed by atoms with Crippen LogP contribution in [0.4, 0.5) is 0 Å². The maximum atomic E-state index is 5.64. The summed E-state index contributed by atoms with van der Waals surface area (Å²) >= 11 is 0. The standard InChI is InChI=1S/C12H18N2/c1-9-4-6-12(7-5-9)8-14-11(3)10(2)13/h4-7,14H,8,13H2,1-3H3. The second kappa shape index (κ2) is 4.70. The Kier molecular flexibility index (Phi) is 3.57. The van der Waals surface area contributed by atoms with Crippen LogP contribution >= 0.6 is 0 Å². The number of rotatable bonds is 3. The van der Waals surface area contributed by atoms with Crippen LogP contribution in [0.1, 0.15) is 25.0 Å². The number of nitrogens with two attached hydrogens (primary N) is 1. The molecule has 0 aromatic heterocycles. The van der Waals surface area contributed by atoms with Crippen molar-refractivity contribution in [1.29, 1.82) is 0 Å². The molecule has 1 aromatic rings. The number of nitrogens with one attached hydrogen (secondary N) is 1. The zero-order valence-electron chi connectivity index (χ0n) is 9.09. The summed E-state index contributed by atoms with van der Waals surface area (Å²) in [6.07, 6.45) is 0. The molecule has 0 saturated carbocycles. The third kappa shape index (κ3) is 3.13. The summed E-state index contributed by atoms with van der Waals surface area (Å²) in [6.45, 7) is 6.81. The summed E-state index contributed by atoms with van der Waals surface area (Å²) in [5, 5.41) is 3.27. The van der Waals surface area contributed by atoms with Crippen molar-refractivity contribution in [1.82, 2.24) is 5.32 Å². The first-order chi connectivity index (χ1) is 6.59. The van der Waals surface area contributed by atoms with Crippen LogP contribution in [0, 0.1) is 6.92 Å². The first kappa shape index (κ1) is 10.6. The van der Waals surface area contributed by atoms with Gasteiger partial charge in [0.05, 0.1) is 0 Å². The SMILES string of the molecule is CC(N)=C(C)NCc1ccc(C)cc1. The maximum Gasteiger partial charge on any atom is 0.0398 e. The molecule has 0 aliphatic carbocycles. The predicted octanol–water partition coefficient (Wildman–Crippen LogP) is 2.29. The van der Waals surface area contributed by atoms with Crippen molar-refractivity contribution in [2.45, 2.75) is 27.3 Å². The Morgan fingerprint density at radius 2 is 1.79 bits per heavy atom. The maximum absolute atomic E-state index is 5.64. The molecule has 0 fully saturated rings. The molecule has 0 aliphatic rings. The fraction of sp³-hybridized carbons (Fsp3) is 0.333. The molecule has 2 nitrogen and oxygen atoms in total. The van der Waals surface area contributed by atoms with E-state index in [0.717, 1.165) is 17.9 Å². The van der Waals surface area contributed by atoms with Crippen LogP contribution in [0.25, 0.3) is 0 Å². The highest BCUT2D eigenvalue weighted by Gasteiger charge is 1.94. The summed E-state index contributed by atoms with van der Waals surface area (Å²) in [5.41, 5.74) is 10.1. The van der Waals surface area contributed by atoms with E-state index in [1.807, 2.05) is 13.8 Å². The Labute approximate surface area is 85.8 Å². The molecule has 0 unspecified atom stereocenters. The van der Waals surface area contributed by atoms with Gasteiger partial charge in [0, 0.05) is 17.9 Å². The highest BCUT2D eigenvalue weighted by atomic mass is 14.9. The summed E-state index contributed by atoms with van der Waals surface area (Å²) in [5.74, 6) is 0. The quantitative estimate of drug-likeness (QED) is 0.767. The third-order valence-electron chi connectivity index (χ3n) is 2.27. The lowest BCUT2D eigenvalue weighted by Crippen LogP contribution is -2.14. The Morgan fingerprint density at radius 3 is 2.29 bits per heavy atom. The molecule has 76 valence electrons. The second-order valence-electron chi connectivity index (χ2n) is 3.65. The molecular weight excluding hydrogens is 172 g/mol.